The van der Waals surface area contributed by atoms with E-state index in [0.717, 1.165) is 43.1 Å². The molecule has 3 aromatic rings. The van der Waals surface area contributed by atoms with Gasteiger partial charge in [-0.05, 0) is 32.4 Å². The summed E-state index contributed by atoms with van der Waals surface area (Å²) in [6.07, 6.45) is 8.91. The third-order valence-corrected chi connectivity index (χ3v) is 5.04. The molecule has 0 bridgehead atoms. The second-order valence-corrected chi connectivity index (χ2v) is 6.92. The van der Waals surface area contributed by atoms with Crippen molar-refractivity contribution >= 4 is 0 Å². The first-order valence-electron chi connectivity index (χ1n) is 8.77. The minimum Gasteiger partial charge on any atom is -0.324 e. The van der Waals surface area contributed by atoms with E-state index in [1.165, 1.54) is 11.3 Å². The Morgan fingerprint density at radius 2 is 2.00 bits per heavy atom. The molecule has 0 aromatic carbocycles. The monoisotopic (exact) mass is 336 g/mol. The van der Waals surface area contributed by atoms with Gasteiger partial charge in [-0.1, -0.05) is 0 Å². The predicted molar refractivity (Wildman–Crippen MR) is 97.1 cm³/mol. The van der Waals surface area contributed by atoms with Crippen LogP contribution in [-0.4, -0.2) is 42.3 Å². The van der Waals surface area contributed by atoms with Crippen LogP contribution in [0.5, 0.6) is 0 Å². The molecule has 1 aliphatic rings. The normalized spacial score (nSPS) is 18.1. The number of pyridine rings is 1. The highest BCUT2D eigenvalue weighted by Gasteiger charge is 2.27. The summed E-state index contributed by atoms with van der Waals surface area (Å²) in [4.78, 5) is 11.3. The zero-order valence-electron chi connectivity index (χ0n) is 15.1. The maximum Gasteiger partial charge on any atom is 0.140 e. The lowest BCUT2D eigenvalue weighted by atomic mass is 10.2. The smallest absolute Gasteiger partial charge is 0.140 e. The van der Waals surface area contributed by atoms with E-state index in [1.807, 2.05) is 42.5 Å². The number of rotatable bonds is 4. The maximum absolute atomic E-state index is 4.66. The second kappa shape index (κ2) is 6.44. The molecule has 0 N–H and O–H groups in total. The summed E-state index contributed by atoms with van der Waals surface area (Å²) in [5.41, 5.74) is 4.79. The molecule has 25 heavy (non-hydrogen) atoms. The van der Waals surface area contributed by atoms with Crippen molar-refractivity contribution in [2.45, 2.75) is 32.9 Å². The molecule has 0 saturated carbocycles. The van der Waals surface area contributed by atoms with E-state index in [4.69, 9.17) is 0 Å². The second-order valence-electron chi connectivity index (χ2n) is 6.92. The van der Waals surface area contributed by atoms with E-state index in [9.17, 15) is 0 Å². The summed E-state index contributed by atoms with van der Waals surface area (Å²) >= 11 is 0. The Morgan fingerprint density at radius 3 is 2.72 bits per heavy atom. The fourth-order valence-corrected chi connectivity index (χ4v) is 3.83. The summed E-state index contributed by atoms with van der Waals surface area (Å²) in [5, 5.41) is 4.46. The molecule has 130 valence electrons. The van der Waals surface area contributed by atoms with Crippen molar-refractivity contribution in [3.05, 3.63) is 53.9 Å². The fraction of sp³-hybridized carbons (Fsp3) is 0.421. The predicted octanol–water partition coefficient (Wildman–Crippen LogP) is 2.74. The molecule has 1 atom stereocenters. The quantitative estimate of drug-likeness (QED) is 0.735. The van der Waals surface area contributed by atoms with Crippen molar-refractivity contribution in [3.8, 4) is 11.4 Å². The van der Waals surface area contributed by atoms with Gasteiger partial charge >= 0.3 is 0 Å². The molecule has 1 aliphatic heterocycles. The molecule has 6 nitrogen and oxygen atoms in total. The molecule has 0 spiro atoms. The summed E-state index contributed by atoms with van der Waals surface area (Å²) < 4.78 is 4.30. The first-order chi connectivity index (χ1) is 12.1. The average Bonchev–Trinajstić information content (AvgIpc) is 3.28. The molecule has 1 fully saturated rings. The van der Waals surface area contributed by atoms with Gasteiger partial charge in [-0.15, -0.1) is 0 Å². The van der Waals surface area contributed by atoms with Crippen LogP contribution in [0.15, 0.2) is 36.9 Å². The van der Waals surface area contributed by atoms with E-state index >= 15 is 0 Å². The lowest BCUT2D eigenvalue weighted by Crippen LogP contribution is -2.22. The van der Waals surface area contributed by atoms with Crippen molar-refractivity contribution in [2.75, 3.05) is 13.1 Å². The number of nitrogens with zero attached hydrogens (tertiary/aromatic N) is 6. The van der Waals surface area contributed by atoms with Gasteiger partial charge in [0.15, 0.2) is 0 Å². The number of hydrogen-bond donors (Lipinski definition) is 0. The van der Waals surface area contributed by atoms with Crippen LogP contribution in [0.2, 0.25) is 0 Å². The van der Waals surface area contributed by atoms with E-state index in [2.05, 4.69) is 44.6 Å². The van der Waals surface area contributed by atoms with Crippen molar-refractivity contribution in [1.29, 1.82) is 0 Å². The summed E-state index contributed by atoms with van der Waals surface area (Å²) in [5.74, 6) is 1.05. The summed E-state index contributed by atoms with van der Waals surface area (Å²) in [6, 6.07) is 4.52. The van der Waals surface area contributed by atoms with Crippen LogP contribution >= 0.6 is 0 Å². The van der Waals surface area contributed by atoms with Crippen LogP contribution < -0.4 is 0 Å². The summed E-state index contributed by atoms with van der Waals surface area (Å²) in [6.45, 7) is 7.35. The molecule has 4 heterocycles. The minimum atomic E-state index is 0.461. The van der Waals surface area contributed by atoms with Crippen LogP contribution in [0.25, 0.3) is 11.4 Å². The van der Waals surface area contributed by atoms with Gasteiger partial charge in [-0.3, -0.25) is 14.6 Å². The number of likely N-dealkylation sites (tertiary alicyclic amines) is 1. The molecule has 6 heteroatoms. The van der Waals surface area contributed by atoms with Gasteiger partial charge in [0, 0.05) is 74.3 Å². The molecular formula is C19H24N6. The molecule has 0 amide bonds. The first kappa shape index (κ1) is 16.0. The van der Waals surface area contributed by atoms with Crippen molar-refractivity contribution in [3.63, 3.8) is 0 Å². The lowest BCUT2D eigenvalue weighted by Gasteiger charge is -2.19. The molecule has 1 saturated heterocycles. The van der Waals surface area contributed by atoms with Crippen molar-refractivity contribution in [1.82, 2.24) is 29.2 Å². The van der Waals surface area contributed by atoms with Crippen molar-refractivity contribution in [2.24, 2.45) is 7.05 Å². The highest BCUT2D eigenvalue weighted by molar-refractivity contribution is 5.55. The Kier molecular flexibility index (Phi) is 4.13. The average molecular weight is 336 g/mol. The molecular weight excluding hydrogens is 312 g/mol. The van der Waals surface area contributed by atoms with E-state index in [1.54, 1.807) is 0 Å². The Balaban J connectivity index is 1.54. The highest BCUT2D eigenvalue weighted by Crippen LogP contribution is 2.30. The standard InChI is InChI=1S/C19H24N6/c1-14-10-21-19(16-4-7-20-8-5-16)25(14)18-6-9-24(13-18)12-17-11-23(3)22-15(17)2/h4-5,7-8,10-11,18H,6,9,12-13H2,1-3H3. The fourth-order valence-electron chi connectivity index (χ4n) is 3.83. The van der Waals surface area contributed by atoms with Gasteiger partial charge in [0.1, 0.15) is 5.82 Å². The van der Waals surface area contributed by atoms with Gasteiger partial charge in [0.2, 0.25) is 0 Å². The van der Waals surface area contributed by atoms with Gasteiger partial charge in [0.05, 0.1) is 5.69 Å². The van der Waals surface area contributed by atoms with Crippen LogP contribution in [0.4, 0.5) is 0 Å². The number of imidazole rings is 1. The zero-order chi connectivity index (χ0) is 17.4. The molecule has 0 aliphatic carbocycles. The number of aryl methyl sites for hydroxylation is 3. The third-order valence-electron chi connectivity index (χ3n) is 5.04. The molecule has 3 aromatic heterocycles. The SMILES string of the molecule is Cc1nn(C)cc1CN1CCC(n2c(C)cnc2-c2ccncc2)C1. The molecule has 0 radical (unpaired) electrons. The molecule has 4 rings (SSSR count). The summed E-state index contributed by atoms with van der Waals surface area (Å²) in [7, 11) is 1.99. The van der Waals surface area contributed by atoms with Gasteiger partial charge in [-0.2, -0.15) is 5.10 Å². The van der Waals surface area contributed by atoms with Crippen LogP contribution in [0.3, 0.4) is 0 Å². The maximum atomic E-state index is 4.66. The van der Waals surface area contributed by atoms with Gasteiger partial charge < -0.3 is 4.57 Å². The molecule has 1 unspecified atom stereocenters. The first-order valence-corrected chi connectivity index (χ1v) is 8.77. The number of aromatic nitrogens is 5. The van der Waals surface area contributed by atoms with Crippen molar-refractivity contribution < 1.29 is 0 Å². The van der Waals surface area contributed by atoms with Crippen LogP contribution in [0.1, 0.15) is 29.4 Å². The van der Waals surface area contributed by atoms with Gasteiger partial charge in [-0.25, -0.2) is 4.98 Å². The van der Waals surface area contributed by atoms with E-state index in [0.29, 0.717) is 6.04 Å². The largest absolute Gasteiger partial charge is 0.324 e. The highest BCUT2D eigenvalue weighted by atomic mass is 15.3. The van der Waals surface area contributed by atoms with Crippen LogP contribution in [0, 0.1) is 13.8 Å². The third kappa shape index (κ3) is 3.09. The zero-order valence-corrected chi connectivity index (χ0v) is 15.1. The Bertz CT molecular complexity index is 863. The number of hydrogen-bond acceptors (Lipinski definition) is 4. The Morgan fingerprint density at radius 1 is 1.20 bits per heavy atom. The van der Waals surface area contributed by atoms with Crippen LogP contribution in [-0.2, 0) is 13.6 Å². The Hall–Kier alpha value is -2.47. The topological polar surface area (TPSA) is 51.8 Å². The van der Waals surface area contributed by atoms with E-state index < -0.39 is 0 Å². The lowest BCUT2D eigenvalue weighted by molar-refractivity contribution is 0.315. The minimum absolute atomic E-state index is 0.461. The Labute approximate surface area is 148 Å². The van der Waals surface area contributed by atoms with E-state index in [-0.39, 0.29) is 0 Å². The van der Waals surface area contributed by atoms with Gasteiger partial charge in [0.25, 0.3) is 0 Å².